The highest BCUT2D eigenvalue weighted by Gasteiger charge is 2.29. The molecule has 0 radical (unpaired) electrons. The lowest BCUT2D eigenvalue weighted by Gasteiger charge is -2.14. The zero-order chi connectivity index (χ0) is 11.1. The summed E-state index contributed by atoms with van der Waals surface area (Å²) in [5.74, 6) is 1.54. The van der Waals surface area contributed by atoms with E-state index in [1.54, 1.807) is 0 Å². The summed E-state index contributed by atoms with van der Waals surface area (Å²) in [7, 11) is 0. The topological polar surface area (TPSA) is 33.1 Å². The lowest BCUT2D eigenvalue weighted by Crippen LogP contribution is -2.07. The van der Waals surface area contributed by atoms with E-state index in [-0.39, 0.29) is 6.10 Å². The van der Waals surface area contributed by atoms with Crippen molar-refractivity contribution in [2.75, 3.05) is 0 Å². The molecule has 0 bridgehead atoms. The van der Waals surface area contributed by atoms with Crippen LogP contribution in [0.5, 0.6) is 0 Å². The fourth-order valence-corrected chi connectivity index (χ4v) is 4.33. The second-order valence-electron chi connectivity index (χ2n) is 5.38. The molecular weight excluding hydrogens is 218 g/mol. The molecule has 3 atom stereocenters. The van der Waals surface area contributed by atoms with Crippen molar-refractivity contribution in [2.24, 2.45) is 5.92 Å². The molecule has 0 amide bonds. The molecule has 2 nitrogen and oxygen atoms in total. The van der Waals surface area contributed by atoms with Gasteiger partial charge in [0.1, 0.15) is 0 Å². The van der Waals surface area contributed by atoms with Crippen LogP contribution in [0.1, 0.15) is 66.6 Å². The second kappa shape index (κ2) is 4.11. The van der Waals surface area contributed by atoms with E-state index < -0.39 is 0 Å². The molecule has 88 valence electrons. The predicted molar refractivity (Wildman–Crippen MR) is 65.8 cm³/mol. The van der Waals surface area contributed by atoms with Crippen LogP contribution in [0.3, 0.4) is 0 Å². The van der Waals surface area contributed by atoms with Crippen molar-refractivity contribution in [3.63, 3.8) is 0 Å². The monoisotopic (exact) mass is 237 g/mol. The Balaban J connectivity index is 1.86. The normalized spacial score (nSPS) is 34.0. The number of aliphatic hydroxyl groups is 1. The first kappa shape index (κ1) is 10.7. The van der Waals surface area contributed by atoms with Crippen LogP contribution < -0.4 is 0 Å². The van der Waals surface area contributed by atoms with Crippen molar-refractivity contribution < 1.29 is 5.11 Å². The number of nitrogens with zero attached hydrogens (tertiary/aromatic N) is 1. The molecule has 1 heterocycles. The van der Waals surface area contributed by atoms with E-state index in [0.717, 1.165) is 30.9 Å². The lowest BCUT2D eigenvalue weighted by atomic mass is 10.0. The Bertz CT molecular complexity index is 387. The van der Waals surface area contributed by atoms with E-state index >= 15 is 0 Å². The number of rotatable bonds is 1. The summed E-state index contributed by atoms with van der Waals surface area (Å²) >= 11 is 1.87. The Morgan fingerprint density at radius 2 is 2.19 bits per heavy atom. The highest BCUT2D eigenvalue weighted by Crippen LogP contribution is 2.42. The van der Waals surface area contributed by atoms with Gasteiger partial charge in [0.2, 0.25) is 0 Å². The quantitative estimate of drug-likeness (QED) is 0.812. The minimum absolute atomic E-state index is 0.285. The Morgan fingerprint density at radius 1 is 1.31 bits per heavy atom. The average Bonchev–Trinajstić information content (AvgIpc) is 2.84. The van der Waals surface area contributed by atoms with Crippen LogP contribution in [-0.4, -0.2) is 10.1 Å². The van der Waals surface area contributed by atoms with Crippen LogP contribution >= 0.6 is 11.3 Å². The van der Waals surface area contributed by atoms with Crippen molar-refractivity contribution in [3.8, 4) is 0 Å². The molecule has 0 aromatic carbocycles. The molecule has 3 heteroatoms. The average molecular weight is 237 g/mol. The van der Waals surface area contributed by atoms with E-state index in [9.17, 15) is 5.11 Å². The summed E-state index contributed by atoms with van der Waals surface area (Å²) in [5, 5.41) is 11.2. The molecule has 3 rings (SSSR count). The van der Waals surface area contributed by atoms with E-state index in [0.29, 0.717) is 5.92 Å². The number of hydrogen-bond donors (Lipinski definition) is 1. The van der Waals surface area contributed by atoms with Gasteiger partial charge >= 0.3 is 0 Å². The fraction of sp³-hybridized carbons (Fsp3) is 0.769. The van der Waals surface area contributed by atoms with Crippen LogP contribution in [0.2, 0.25) is 0 Å². The minimum Gasteiger partial charge on any atom is -0.387 e. The predicted octanol–water partition coefficient (Wildman–Crippen LogP) is 3.42. The first-order valence-electron chi connectivity index (χ1n) is 6.41. The third-order valence-corrected chi connectivity index (χ3v) is 5.28. The SMILES string of the molecule is CC1CCC(c2nc3c(s2)CCCC3O)C1. The molecule has 0 spiro atoms. The van der Waals surface area contributed by atoms with Gasteiger partial charge in [0.25, 0.3) is 0 Å². The van der Waals surface area contributed by atoms with Gasteiger partial charge in [0.15, 0.2) is 0 Å². The Kier molecular flexibility index (Phi) is 2.76. The maximum atomic E-state index is 9.91. The van der Waals surface area contributed by atoms with E-state index in [4.69, 9.17) is 4.98 Å². The molecule has 2 aliphatic carbocycles. The second-order valence-corrected chi connectivity index (χ2v) is 6.50. The van der Waals surface area contributed by atoms with Crippen molar-refractivity contribution >= 4 is 11.3 Å². The summed E-state index contributed by atoms with van der Waals surface area (Å²) in [5.41, 5.74) is 1.01. The van der Waals surface area contributed by atoms with Gasteiger partial charge in [0.05, 0.1) is 16.8 Å². The molecule has 16 heavy (non-hydrogen) atoms. The van der Waals surface area contributed by atoms with Crippen molar-refractivity contribution in [1.29, 1.82) is 0 Å². The van der Waals surface area contributed by atoms with Gasteiger partial charge in [-0.1, -0.05) is 13.3 Å². The van der Waals surface area contributed by atoms with Gasteiger partial charge < -0.3 is 5.11 Å². The zero-order valence-electron chi connectivity index (χ0n) is 9.78. The number of fused-ring (bicyclic) bond motifs is 1. The Morgan fingerprint density at radius 3 is 2.88 bits per heavy atom. The summed E-state index contributed by atoms with van der Waals surface area (Å²) in [4.78, 5) is 6.07. The standard InChI is InChI=1S/C13H19NOS/c1-8-5-6-9(7-8)13-14-12-10(15)3-2-4-11(12)16-13/h8-10,15H,2-7H2,1H3. The molecule has 1 aromatic rings. The Hall–Kier alpha value is -0.410. The largest absolute Gasteiger partial charge is 0.387 e. The molecule has 1 fully saturated rings. The van der Waals surface area contributed by atoms with Crippen LogP contribution in [0.25, 0.3) is 0 Å². The third-order valence-electron chi connectivity index (χ3n) is 3.99. The van der Waals surface area contributed by atoms with Crippen LogP contribution in [0.4, 0.5) is 0 Å². The lowest BCUT2D eigenvalue weighted by molar-refractivity contribution is 0.152. The number of thiazole rings is 1. The minimum atomic E-state index is -0.285. The van der Waals surface area contributed by atoms with E-state index in [1.807, 2.05) is 11.3 Å². The fourth-order valence-electron chi connectivity index (χ4n) is 3.02. The zero-order valence-corrected chi connectivity index (χ0v) is 10.6. The molecule has 1 saturated carbocycles. The maximum absolute atomic E-state index is 9.91. The van der Waals surface area contributed by atoms with Gasteiger partial charge in [-0.3, -0.25) is 0 Å². The Labute approximate surface area is 101 Å². The van der Waals surface area contributed by atoms with Gasteiger partial charge in [0, 0.05) is 10.8 Å². The first-order chi connectivity index (χ1) is 7.74. The van der Waals surface area contributed by atoms with E-state index in [2.05, 4.69) is 6.92 Å². The van der Waals surface area contributed by atoms with Gasteiger partial charge in [-0.25, -0.2) is 4.98 Å². The van der Waals surface area contributed by atoms with Crippen molar-refractivity contribution in [3.05, 3.63) is 15.6 Å². The number of aromatic nitrogens is 1. The molecule has 3 unspecified atom stereocenters. The highest BCUT2D eigenvalue weighted by molar-refractivity contribution is 7.11. The van der Waals surface area contributed by atoms with Gasteiger partial charge in [-0.15, -0.1) is 11.3 Å². The van der Waals surface area contributed by atoms with Crippen molar-refractivity contribution in [2.45, 2.75) is 57.5 Å². The number of aliphatic hydroxyl groups excluding tert-OH is 1. The molecule has 0 aliphatic heterocycles. The van der Waals surface area contributed by atoms with Crippen LogP contribution in [0, 0.1) is 5.92 Å². The number of hydrogen-bond acceptors (Lipinski definition) is 3. The molecule has 0 saturated heterocycles. The molecule has 1 N–H and O–H groups in total. The highest BCUT2D eigenvalue weighted by atomic mass is 32.1. The number of aryl methyl sites for hydroxylation is 1. The maximum Gasteiger partial charge on any atom is 0.0971 e. The first-order valence-corrected chi connectivity index (χ1v) is 7.23. The molecule has 2 aliphatic rings. The summed E-state index contributed by atoms with van der Waals surface area (Å²) in [6, 6.07) is 0. The van der Waals surface area contributed by atoms with Gasteiger partial charge in [-0.05, 0) is 38.0 Å². The molecule has 1 aromatic heterocycles. The van der Waals surface area contributed by atoms with Gasteiger partial charge in [-0.2, -0.15) is 0 Å². The molecular formula is C13H19NOS. The summed E-state index contributed by atoms with van der Waals surface area (Å²) < 4.78 is 0. The third kappa shape index (κ3) is 1.80. The van der Waals surface area contributed by atoms with E-state index in [1.165, 1.54) is 29.1 Å². The smallest absolute Gasteiger partial charge is 0.0971 e. The van der Waals surface area contributed by atoms with Crippen LogP contribution in [-0.2, 0) is 6.42 Å². The van der Waals surface area contributed by atoms with Crippen molar-refractivity contribution in [1.82, 2.24) is 4.98 Å². The van der Waals surface area contributed by atoms with Crippen LogP contribution in [0.15, 0.2) is 0 Å². The summed E-state index contributed by atoms with van der Waals surface area (Å²) in [6.45, 7) is 2.34. The summed E-state index contributed by atoms with van der Waals surface area (Å²) in [6.07, 6.45) is 6.80.